The number of carbonyl (C=O) groups excluding carboxylic acids is 1. The van der Waals surface area contributed by atoms with Crippen molar-refractivity contribution in [2.45, 2.75) is 5.16 Å². The first-order chi connectivity index (χ1) is 13.1. The highest BCUT2D eigenvalue weighted by atomic mass is 35.5. The standard InChI is InChI=1S/C17H12Cl2N6OS/c18-13-4-3-12(8-14(13)19)25-16(11-2-1-6-21-9-11)23-24-17(25)27-10-15(26)22-7-5-20/h1-4,6,8-9H,7,10H2,(H,22,26). The van der Waals surface area contributed by atoms with Gasteiger partial charge in [0, 0.05) is 18.0 Å². The summed E-state index contributed by atoms with van der Waals surface area (Å²) in [5.74, 6) is 0.378. The molecule has 3 aromatic rings. The normalized spacial score (nSPS) is 10.4. The van der Waals surface area contributed by atoms with Crippen molar-refractivity contribution in [3.05, 3.63) is 52.8 Å². The summed E-state index contributed by atoms with van der Waals surface area (Å²) in [5.41, 5.74) is 1.46. The average molecular weight is 419 g/mol. The van der Waals surface area contributed by atoms with E-state index >= 15 is 0 Å². The number of nitrogens with one attached hydrogen (secondary N) is 1. The summed E-state index contributed by atoms with van der Waals surface area (Å²) in [5, 5.41) is 20.8. The van der Waals surface area contributed by atoms with Crippen molar-refractivity contribution in [1.29, 1.82) is 5.26 Å². The molecule has 1 aromatic carbocycles. The van der Waals surface area contributed by atoms with Crippen LogP contribution in [0.1, 0.15) is 0 Å². The van der Waals surface area contributed by atoms with Crippen LogP contribution in [0.25, 0.3) is 17.1 Å². The van der Waals surface area contributed by atoms with Crippen molar-refractivity contribution < 1.29 is 4.79 Å². The van der Waals surface area contributed by atoms with Gasteiger partial charge in [-0.15, -0.1) is 10.2 Å². The van der Waals surface area contributed by atoms with Gasteiger partial charge in [0.2, 0.25) is 5.91 Å². The van der Waals surface area contributed by atoms with E-state index in [2.05, 4.69) is 20.5 Å². The van der Waals surface area contributed by atoms with E-state index in [0.717, 1.165) is 5.56 Å². The van der Waals surface area contributed by atoms with Gasteiger partial charge in [0.1, 0.15) is 6.54 Å². The number of nitriles is 1. The number of carbonyl (C=O) groups is 1. The maximum absolute atomic E-state index is 11.8. The third kappa shape index (κ3) is 4.57. The van der Waals surface area contributed by atoms with Gasteiger partial charge in [-0.1, -0.05) is 35.0 Å². The lowest BCUT2D eigenvalue weighted by Crippen LogP contribution is -2.25. The molecule has 0 aliphatic carbocycles. The molecular formula is C17H12Cl2N6OS. The quantitative estimate of drug-likeness (QED) is 0.486. The lowest BCUT2D eigenvalue weighted by Gasteiger charge is -2.11. The van der Waals surface area contributed by atoms with Crippen LogP contribution in [-0.4, -0.2) is 38.0 Å². The van der Waals surface area contributed by atoms with Crippen LogP contribution >= 0.6 is 35.0 Å². The van der Waals surface area contributed by atoms with Gasteiger partial charge in [0.15, 0.2) is 11.0 Å². The number of pyridine rings is 1. The molecule has 0 bridgehead atoms. The van der Waals surface area contributed by atoms with E-state index < -0.39 is 0 Å². The Labute approximate surface area is 169 Å². The van der Waals surface area contributed by atoms with Gasteiger partial charge < -0.3 is 5.32 Å². The lowest BCUT2D eigenvalue weighted by atomic mass is 10.2. The highest BCUT2D eigenvalue weighted by molar-refractivity contribution is 7.99. The minimum atomic E-state index is -0.270. The Morgan fingerprint density at radius 2 is 2.11 bits per heavy atom. The van der Waals surface area contributed by atoms with Gasteiger partial charge in [-0.2, -0.15) is 5.26 Å². The van der Waals surface area contributed by atoms with Crippen LogP contribution in [0.4, 0.5) is 0 Å². The second-order valence-corrected chi connectivity index (χ2v) is 6.96. The first-order valence-electron chi connectivity index (χ1n) is 7.68. The second-order valence-electron chi connectivity index (χ2n) is 5.21. The number of hydrogen-bond donors (Lipinski definition) is 1. The van der Waals surface area contributed by atoms with Gasteiger partial charge in [0.25, 0.3) is 0 Å². The summed E-state index contributed by atoms with van der Waals surface area (Å²) in [6.07, 6.45) is 3.34. The molecule has 7 nitrogen and oxygen atoms in total. The van der Waals surface area contributed by atoms with E-state index in [1.54, 1.807) is 41.2 Å². The average Bonchev–Trinajstić information content (AvgIpc) is 3.11. The molecule has 1 amide bonds. The van der Waals surface area contributed by atoms with E-state index in [1.807, 2.05) is 12.1 Å². The van der Waals surface area contributed by atoms with E-state index in [0.29, 0.717) is 26.7 Å². The van der Waals surface area contributed by atoms with Crippen LogP contribution in [0.2, 0.25) is 10.0 Å². The largest absolute Gasteiger partial charge is 0.342 e. The van der Waals surface area contributed by atoms with Crippen molar-refractivity contribution in [1.82, 2.24) is 25.1 Å². The fraction of sp³-hybridized carbons (Fsp3) is 0.118. The molecule has 27 heavy (non-hydrogen) atoms. The predicted molar refractivity (Wildman–Crippen MR) is 104 cm³/mol. The van der Waals surface area contributed by atoms with Gasteiger partial charge in [-0.25, -0.2) is 0 Å². The van der Waals surface area contributed by atoms with Gasteiger partial charge in [0.05, 0.1) is 27.6 Å². The van der Waals surface area contributed by atoms with Crippen molar-refractivity contribution in [3.8, 4) is 23.1 Å². The Bertz CT molecular complexity index is 1000. The molecule has 0 fully saturated rings. The number of amides is 1. The van der Waals surface area contributed by atoms with Gasteiger partial charge in [-0.05, 0) is 30.3 Å². The maximum atomic E-state index is 11.8. The van der Waals surface area contributed by atoms with Crippen molar-refractivity contribution in [2.24, 2.45) is 0 Å². The van der Waals surface area contributed by atoms with Crippen molar-refractivity contribution in [3.63, 3.8) is 0 Å². The molecule has 0 spiro atoms. The van der Waals surface area contributed by atoms with Crippen molar-refractivity contribution >= 4 is 40.9 Å². The monoisotopic (exact) mass is 418 g/mol. The minimum absolute atomic E-state index is 0.0419. The zero-order chi connectivity index (χ0) is 19.2. The summed E-state index contributed by atoms with van der Waals surface area (Å²) in [6, 6.07) is 10.7. The molecule has 2 aromatic heterocycles. The van der Waals surface area contributed by atoms with Crippen LogP contribution in [0, 0.1) is 11.3 Å². The third-order valence-electron chi connectivity index (χ3n) is 3.41. The van der Waals surface area contributed by atoms with E-state index in [9.17, 15) is 4.79 Å². The molecule has 136 valence electrons. The smallest absolute Gasteiger partial charge is 0.231 e. The lowest BCUT2D eigenvalue weighted by molar-refractivity contribution is -0.118. The maximum Gasteiger partial charge on any atom is 0.231 e. The Hall–Kier alpha value is -2.60. The van der Waals surface area contributed by atoms with Gasteiger partial charge >= 0.3 is 0 Å². The first kappa shape index (κ1) is 19.2. The van der Waals surface area contributed by atoms with E-state index in [4.69, 9.17) is 28.5 Å². The number of benzene rings is 1. The Kier molecular flexibility index (Phi) is 6.29. The first-order valence-corrected chi connectivity index (χ1v) is 9.42. The number of aromatic nitrogens is 4. The molecule has 0 atom stereocenters. The number of rotatable bonds is 6. The molecule has 0 aliphatic rings. The SMILES string of the molecule is N#CCNC(=O)CSc1nnc(-c2cccnc2)n1-c1ccc(Cl)c(Cl)c1. The summed E-state index contributed by atoms with van der Waals surface area (Å²) in [4.78, 5) is 15.9. The summed E-state index contributed by atoms with van der Waals surface area (Å²) in [7, 11) is 0. The number of halogens is 2. The molecule has 0 saturated carbocycles. The molecule has 10 heteroatoms. The highest BCUT2D eigenvalue weighted by Gasteiger charge is 2.18. The van der Waals surface area contributed by atoms with E-state index in [-0.39, 0.29) is 18.2 Å². The Morgan fingerprint density at radius 1 is 1.26 bits per heavy atom. The van der Waals surface area contributed by atoms with Crippen LogP contribution in [-0.2, 0) is 4.79 Å². The summed E-state index contributed by atoms with van der Waals surface area (Å²) < 4.78 is 1.78. The van der Waals surface area contributed by atoms with Crippen LogP contribution in [0.5, 0.6) is 0 Å². The number of nitrogens with zero attached hydrogens (tertiary/aromatic N) is 5. The summed E-state index contributed by atoms with van der Waals surface area (Å²) in [6.45, 7) is -0.0419. The Balaban J connectivity index is 1.99. The zero-order valence-electron chi connectivity index (χ0n) is 13.8. The molecule has 0 saturated heterocycles. The van der Waals surface area contributed by atoms with Gasteiger partial charge in [-0.3, -0.25) is 14.3 Å². The minimum Gasteiger partial charge on any atom is -0.342 e. The predicted octanol–water partition coefficient (Wildman–Crippen LogP) is 3.37. The van der Waals surface area contributed by atoms with Crippen LogP contribution in [0.15, 0.2) is 47.9 Å². The van der Waals surface area contributed by atoms with E-state index in [1.165, 1.54) is 11.8 Å². The Morgan fingerprint density at radius 3 is 2.81 bits per heavy atom. The van der Waals surface area contributed by atoms with Crippen LogP contribution in [0.3, 0.4) is 0 Å². The molecule has 3 rings (SSSR count). The number of thioether (sulfide) groups is 1. The topological polar surface area (TPSA) is 96.5 Å². The number of hydrogen-bond acceptors (Lipinski definition) is 6. The third-order valence-corrected chi connectivity index (χ3v) is 5.08. The zero-order valence-corrected chi connectivity index (χ0v) is 16.1. The second kappa shape index (κ2) is 8.86. The fourth-order valence-corrected chi connectivity index (χ4v) is 3.30. The molecular weight excluding hydrogens is 407 g/mol. The fourth-order valence-electron chi connectivity index (χ4n) is 2.22. The summed E-state index contributed by atoms with van der Waals surface area (Å²) >= 11 is 13.4. The molecule has 0 aliphatic heterocycles. The van der Waals surface area contributed by atoms with Crippen molar-refractivity contribution in [2.75, 3.05) is 12.3 Å². The molecule has 0 radical (unpaired) electrons. The highest BCUT2D eigenvalue weighted by Crippen LogP contribution is 2.31. The van der Waals surface area contributed by atoms with Crippen LogP contribution < -0.4 is 5.32 Å². The molecule has 0 unspecified atom stereocenters. The molecule has 1 N–H and O–H groups in total. The molecule has 2 heterocycles.